The van der Waals surface area contributed by atoms with Crippen LogP contribution in [0.2, 0.25) is 0 Å². The van der Waals surface area contributed by atoms with E-state index in [2.05, 4.69) is 15.4 Å². The second-order valence-electron chi connectivity index (χ2n) is 3.59. The smallest absolute Gasteiger partial charge is 0.172 e. The van der Waals surface area contributed by atoms with Crippen molar-refractivity contribution in [3.63, 3.8) is 0 Å². The first-order chi connectivity index (χ1) is 9.29. The fourth-order valence-corrected chi connectivity index (χ4v) is 1.37. The highest BCUT2D eigenvalue weighted by molar-refractivity contribution is 6.11. The summed E-state index contributed by atoms with van der Waals surface area (Å²) >= 11 is 0. The van der Waals surface area contributed by atoms with Gasteiger partial charge in [0.25, 0.3) is 0 Å². The van der Waals surface area contributed by atoms with Gasteiger partial charge < -0.3 is 0 Å². The first kappa shape index (κ1) is 12.6. The Morgan fingerprint density at radius 1 is 1.00 bits per heavy atom. The lowest BCUT2D eigenvalue weighted by Gasteiger charge is -1.95. The van der Waals surface area contributed by atoms with Gasteiger partial charge in [0, 0.05) is 5.56 Å². The predicted octanol–water partition coefficient (Wildman–Crippen LogP) is 3.84. The van der Waals surface area contributed by atoms with Gasteiger partial charge in [-0.25, -0.2) is 4.39 Å². The molecule has 2 aromatic rings. The summed E-state index contributed by atoms with van der Waals surface area (Å²) in [6.07, 6.45) is 0. The van der Waals surface area contributed by atoms with E-state index < -0.39 is 0 Å². The SMILES string of the molecule is N#C/C(=N/N=Nc1ccccc1)c1ccc(F)cc1. The van der Waals surface area contributed by atoms with Gasteiger partial charge in [-0.15, -0.1) is 10.2 Å². The molecule has 0 atom stereocenters. The van der Waals surface area contributed by atoms with E-state index in [1.54, 1.807) is 12.1 Å². The van der Waals surface area contributed by atoms with Gasteiger partial charge in [-0.05, 0) is 41.6 Å². The zero-order valence-electron chi connectivity index (χ0n) is 9.86. The van der Waals surface area contributed by atoms with E-state index >= 15 is 0 Å². The third-order valence-electron chi connectivity index (χ3n) is 2.28. The van der Waals surface area contributed by atoms with Crippen LogP contribution in [-0.4, -0.2) is 5.71 Å². The Labute approximate surface area is 109 Å². The number of rotatable bonds is 3. The minimum atomic E-state index is -0.369. The van der Waals surface area contributed by atoms with Crippen LogP contribution >= 0.6 is 0 Å². The van der Waals surface area contributed by atoms with Gasteiger partial charge in [-0.1, -0.05) is 18.2 Å². The van der Waals surface area contributed by atoms with Crippen LogP contribution in [0.25, 0.3) is 0 Å². The van der Waals surface area contributed by atoms with Crippen molar-refractivity contribution in [1.29, 1.82) is 5.26 Å². The highest BCUT2D eigenvalue weighted by Crippen LogP contribution is 2.11. The van der Waals surface area contributed by atoms with Crippen LogP contribution in [0.15, 0.2) is 70.0 Å². The molecule has 0 unspecified atom stereocenters. The molecule has 0 radical (unpaired) electrons. The summed E-state index contributed by atoms with van der Waals surface area (Å²) in [5.74, 6) is -0.369. The van der Waals surface area contributed by atoms with E-state index in [-0.39, 0.29) is 11.5 Å². The normalized spacial score (nSPS) is 11.5. The molecule has 0 amide bonds. The van der Waals surface area contributed by atoms with Crippen molar-refractivity contribution in [1.82, 2.24) is 0 Å². The molecule has 0 saturated carbocycles. The maximum absolute atomic E-state index is 12.8. The van der Waals surface area contributed by atoms with Crippen LogP contribution in [0.5, 0.6) is 0 Å². The van der Waals surface area contributed by atoms with Crippen molar-refractivity contribution < 1.29 is 4.39 Å². The third-order valence-corrected chi connectivity index (χ3v) is 2.28. The van der Waals surface area contributed by atoms with Gasteiger partial charge in [0.1, 0.15) is 11.9 Å². The van der Waals surface area contributed by atoms with Crippen molar-refractivity contribution in [3.05, 3.63) is 66.0 Å². The Kier molecular flexibility index (Phi) is 4.09. The molecule has 0 aliphatic carbocycles. The Morgan fingerprint density at radius 3 is 2.32 bits per heavy atom. The lowest BCUT2D eigenvalue weighted by molar-refractivity contribution is 0.628. The summed E-state index contributed by atoms with van der Waals surface area (Å²) in [6, 6.07) is 16.4. The van der Waals surface area contributed by atoms with Crippen LogP contribution in [0, 0.1) is 17.1 Å². The zero-order chi connectivity index (χ0) is 13.5. The lowest BCUT2D eigenvalue weighted by Crippen LogP contribution is -1.95. The molecule has 0 N–H and O–H groups in total. The number of hydrogen-bond donors (Lipinski definition) is 0. The second-order valence-corrected chi connectivity index (χ2v) is 3.59. The number of nitrogens with zero attached hydrogens (tertiary/aromatic N) is 4. The second kappa shape index (κ2) is 6.17. The summed E-state index contributed by atoms with van der Waals surface area (Å²) < 4.78 is 12.8. The van der Waals surface area contributed by atoms with E-state index in [0.717, 1.165) is 0 Å². The quantitative estimate of drug-likeness (QED) is 0.465. The summed E-state index contributed by atoms with van der Waals surface area (Å²) in [5, 5.41) is 20.2. The average molecular weight is 252 g/mol. The van der Waals surface area contributed by atoms with Crippen LogP contribution in [-0.2, 0) is 0 Å². The maximum atomic E-state index is 12.8. The molecule has 5 heteroatoms. The molecular formula is C14H9FN4. The summed E-state index contributed by atoms with van der Waals surface area (Å²) in [7, 11) is 0. The Hall–Kier alpha value is -2.87. The van der Waals surface area contributed by atoms with E-state index in [1.165, 1.54) is 24.3 Å². The molecule has 2 aromatic carbocycles. The fourth-order valence-electron chi connectivity index (χ4n) is 1.37. The molecule has 19 heavy (non-hydrogen) atoms. The number of nitriles is 1. The van der Waals surface area contributed by atoms with Crippen LogP contribution in [0.3, 0.4) is 0 Å². The number of halogens is 1. The first-order valence-electron chi connectivity index (χ1n) is 5.49. The van der Waals surface area contributed by atoms with Crippen molar-refractivity contribution in [2.45, 2.75) is 0 Å². The molecule has 92 valence electrons. The minimum absolute atomic E-state index is 0.0830. The van der Waals surface area contributed by atoms with E-state index in [1.807, 2.05) is 24.3 Å². The van der Waals surface area contributed by atoms with Crippen LogP contribution in [0.1, 0.15) is 5.56 Å². The molecule has 4 nitrogen and oxygen atoms in total. The molecule has 0 aliphatic rings. The predicted molar refractivity (Wildman–Crippen MR) is 69.5 cm³/mol. The van der Waals surface area contributed by atoms with Crippen LogP contribution < -0.4 is 0 Å². The van der Waals surface area contributed by atoms with Crippen LogP contribution in [0.4, 0.5) is 10.1 Å². The van der Waals surface area contributed by atoms with Crippen molar-refractivity contribution in [2.75, 3.05) is 0 Å². The van der Waals surface area contributed by atoms with E-state index in [0.29, 0.717) is 11.3 Å². The molecule has 0 aromatic heterocycles. The van der Waals surface area contributed by atoms with E-state index in [4.69, 9.17) is 5.26 Å². The average Bonchev–Trinajstić information content (AvgIpc) is 2.46. The Balaban J connectivity index is 2.19. The minimum Gasteiger partial charge on any atom is -0.207 e. The topological polar surface area (TPSA) is 60.9 Å². The third kappa shape index (κ3) is 3.54. The molecule has 0 heterocycles. The Bertz CT molecular complexity index is 639. The molecule has 0 saturated heterocycles. The van der Waals surface area contributed by atoms with Gasteiger partial charge in [0.2, 0.25) is 0 Å². The molecular weight excluding hydrogens is 243 g/mol. The summed E-state index contributed by atoms with van der Waals surface area (Å²) in [6.45, 7) is 0. The summed E-state index contributed by atoms with van der Waals surface area (Å²) in [4.78, 5) is 0. The molecule has 0 aliphatic heterocycles. The summed E-state index contributed by atoms with van der Waals surface area (Å²) in [5.41, 5.74) is 1.22. The highest BCUT2D eigenvalue weighted by atomic mass is 19.1. The van der Waals surface area contributed by atoms with Gasteiger partial charge in [0.15, 0.2) is 5.71 Å². The fraction of sp³-hybridized carbons (Fsp3) is 0. The molecule has 0 fully saturated rings. The van der Waals surface area contributed by atoms with Crippen molar-refractivity contribution in [2.24, 2.45) is 15.4 Å². The lowest BCUT2D eigenvalue weighted by atomic mass is 10.1. The highest BCUT2D eigenvalue weighted by Gasteiger charge is 2.02. The molecule has 0 bridgehead atoms. The van der Waals surface area contributed by atoms with Crippen molar-refractivity contribution >= 4 is 11.4 Å². The van der Waals surface area contributed by atoms with Gasteiger partial charge in [-0.2, -0.15) is 5.26 Å². The standard InChI is InChI=1S/C14H9FN4/c15-12-8-6-11(7-9-12)14(10-16)18-19-17-13-4-2-1-3-5-13/h1-9H/b18-14-,19-17?. The van der Waals surface area contributed by atoms with Gasteiger partial charge in [-0.3, -0.25) is 0 Å². The van der Waals surface area contributed by atoms with Gasteiger partial charge >= 0.3 is 0 Å². The molecule has 0 spiro atoms. The molecule has 2 rings (SSSR count). The van der Waals surface area contributed by atoms with Gasteiger partial charge in [0.05, 0.1) is 5.69 Å². The number of benzene rings is 2. The number of hydrogen-bond acceptors (Lipinski definition) is 3. The monoisotopic (exact) mass is 252 g/mol. The van der Waals surface area contributed by atoms with E-state index in [9.17, 15) is 4.39 Å². The van der Waals surface area contributed by atoms with Crippen molar-refractivity contribution in [3.8, 4) is 6.07 Å². The first-order valence-corrected chi connectivity index (χ1v) is 5.49. The zero-order valence-corrected chi connectivity index (χ0v) is 9.86. The largest absolute Gasteiger partial charge is 0.207 e. The Morgan fingerprint density at radius 2 is 1.68 bits per heavy atom. The maximum Gasteiger partial charge on any atom is 0.172 e.